The number of amides is 2. The van der Waals surface area contributed by atoms with Gasteiger partial charge in [0.25, 0.3) is 0 Å². The van der Waals surface area contributed by atoms with E-state index in [-0.39, 0.29) is 0 Å². The minimum Gasteiger partial charge on any atom is -0.351 e. The molecule has 0 atom stereocenters. The first-order chi connectivity index (χ1) is 10.2. The summed E-state index contributed by atoms with van der Waals surface area (Å²) in [6.45, 7) is 2.21. The molecule has 0 unspecified atom stereocenters. The lowest BCUT2D eigenvalue weighted by Gasteiger charge is -2.17. The number of pyridine rings is 1. The molecule has 3 aromatic rings. The van der Waals surface area contributed by atoms with Gasteiger partial charge in [0.05, 0.1) is 6.20 Å². The van der Waals surface area contributed by atoms with E-state index in [1.807, 2.05) is 19.1 Å². The summed E-state index contributed by atoms with van der Waals surface area (Å²) in [5.41, 5.74) is 7.74. The Balaban J connectivity index is 2.19. The Morgan fingerprint density at radius 2 is 2.10 bits per heavy atom. The van der Waals surface area contributed by atoms with E-state index < -0.39 is 6.03 Å². The molecule has 2 N–H and O–H groups in total. The number of hydrogen-bond acceptors (Lipinski definition) is 5. The van der Waals surface area contributed by atoms with Crippen LogP contribution in [0.25, 0.3) is 16.8 Å². The molecule has 0 aliphatic heterocycles. The van der Waals surface area contributed by atoms with Crippen LogP contribution in [0.3, 0.4) is 0 Å². The van der Waals surface area contributed by atoms with Crippen LogP contribution in [0.15, 0.2) is 37.1 Å². The molecule has 3 rings (SSSR count). The molecule has 8 nitrogen and oxygen atoms in total. The van der Waals surface area contributed by atoms with Gasteiger partial charge >= 0.3 is 6.03 Å². The monoisotopic (exact) mass is 283 g/mol. The lowest BCUT2D eigenvalue weighted by Crippen LogP contribution is -2.37. The van der Waals surface area contributed by atoms with Gasteiger partial charge in [-0.25, -0.2) is 14.8 Å². The summed E-state index contributed by atoms with van der Waals surface area (Å²) in [7, 11) is 0. The number of anilines is 1. The Morgan fingerprint density at radius 1 is 1.33 bits per heavy atom. The van der Waals surface area contributed by atoms with Crippen LogP contribution in [0.5, 0.6) is 0 Å². The Morgan fingerprint density at radius 3 is 2.76 bits per heavy atom. The first kappa shape index (κ1) is 13.0. The molecule has 3 heterocycles. The van der Waals surface area contributed by atoms with Gasteiger partial charge < -0.3 is 5.73 Å². The van der Waals surface area contributed by atoms with Crippen molar-refractivity contribution < 1.29 is 4.79 Å². The van der Waals surface area contributed by atoms with Crippen molar-refractivity contribution in [3.63, 3.8) is 0 Å². The summed E-state index contributed by atoms with van der Waals surface area (Å²) in [5.74, 6) is 0.343. The molecule has 8 heteroatoms. The highest BCUT2D eigenvalue weighted by molar-refractivity contribution is 5.89. The van der Waals surface area contributed by atoms with Crippen LogP contribution < -0.4 is 10.6 Å². The van der Waals surface area contributed by atoms with Crippen molar-refractivity contribution in [2.45, 2.75) is 6.92 Å². The van der Waals surface area contributed by atoms with E-state index in [2.05, 4.69) is 20.1 Å². The molecule has 0 aliphatic rings. The Labute approximate surface area is 120 Å². The zero-order valence-corrected chi connectivity index (χ0v) is 11.3. The normalized spacial score (nSPS) is 10.7. The standard InChI is InChI=1S/C13H13N7O/c1-2-19(12(14)21)13-17-8-16-11-10(7-18-20(11)13)9-3-5-15-6-4-9/h3-8H,2H2,1H3,(H2,14,21). The van der Waals surface area contributed by atoms with Crippen molar-refractivity contribution in [2.24, 2.45) is 5.73 Å². The van der Waals surface area contributed by atoms with Crippen LogP contribution in [0.4, 0.5) is 10.7 Å². The molecule has 0 spiro atoms. The molecule has 0 aliphatic carbocycles. The number of hydrogen-bond donors (Lipinski definition) is 1. The molecule has 3 aromatic heterocycles. The number of primary amides is 1. The van der Waals surface area contributed by atoms with E-state index in [4.69, 9.17) is 5.73 Å². The van der Waals surface area contributed by atoms with Gasteiger partial charge in [-0.15, -0.1) is 0 Å². The number of fused-ring (bicyclic) bond motifs is 1. The summed E-state index contributed by atoms with van der Waals surface area (Å²) in [4.78, 5) is 25.2. The van der Waals surface area contributed by atoms with Gasteiger partial charge in [0.2, 0.25) is 5.95 Å². The van der Waals surface area contributed by atoms with E-state index in [1.54, 1.807) is 18.6 Å². The number of rotatable bonds is 3. The molecule has 0 saturated heterocycles. The van der Waals surface area contributed by atoms with Gasteiger partial charge in [-0.05, 0) is 24.6 Å². The Kier molecular flexibility index (Phi) is 3.19. The largest absolute Gasteiger partial charge is 0.351 e. The van der Waals surface area contributed by atoms with Crippen LogP contribution in [-0.4, -0.2) is 37.1 Å². The molecule has 0 saturated carbocycles. The van der Waals surface area contributed by atoms with Crippen LogP contribution >= 0.6 is 0 Å². The minimum atomic E-state index is -0.585. The topological polar surface area (TPSA) is 102 Å². The second-order valence-corrected chi connectivity index (χ2v) is 4.29. The van der Waals surface area contributed by atoms with Crippen molar-refractivity contribution in [2.75, 3.05) is 11.4 Å². The first-order valence-corrected chi connectivity index (χ1v) is 6.38. The van der Waals surface area contributed by atoms with Gasteiger partial charge in [0.1, 0.15) is 6.33 Å². The van der Waals surface area contributed by atoms with Crippen molar-refractivity contribution in [1.29, 1.82) is 0 Å². The third-order valence-corrected chi connectivity index (χ3v) is 3.10. The average molecular weight is 283 g/mol. The maximum Gasteiger partial charge on any atom is 0.321 e. The van der Waals surface area contributed by atoms with Gasteiger partial charge in [-0.2, -0.15) is 9.61 Å². The van der Waals surface area contributed by atoms with E-state index >= 15 is 0 Å². The summed E-state index contributed by atoms with van der Waals surface area (Å²) in [6, 6.07) is 3.15. The van der Waals surface area contributed by atoms with Crippen LogP contribution in [-0.2, 0) is 0 Å². The molecule has 0 aromatic carbocycles. The van der Waals surface area contributed by atoms with Crippen molar-refractivity contribution in [3.05, 3.63) is 37.1 Å². The number of carbonyl (C=O) groups is 1. The van der Waals surface area contributed by atoms with Crippen molar-refractivity contribution in [3.8, 4) is 11.1 Å². The zero-order chi connectivity index (χ0) is 14.8. The first-order valence-electron chi connectivity index (χ1n) is 6.38. The Hall–Kier alpha value is -3.03. The minimum absolute atomic E-state index is 0.343. The van der Waals surface area contributed by atoms with Crippen LogP contribution in [0, 0.1) is 0 Å². The molecular weight excluding hydrogens is 270 g/mol. The highest BCUT2D eigenvalue weighted by Crippen LogP contribution is 2.24. The fourth-order valence-electron chi connectivity index (χ4n) is 2.12. The predicted molar refractivity (Wildman–Crippen MR) is 76.6 cm³/mol. The van der Waals surface area contributed by atoms with Gasteiger partial charge in [-0.3, -0.25) is 9.88 Å². The smallest absolute Gasteiger partial charge is 0.321 e. The zero-order valence-electron chi connectivity index (χ0n) is 11.3. The highest BCUT2D eigenvalue weighted by atomic mass is 16.2. The molecular formula is C13H13N7O. The number of aromatic nitrogens is 5. The molecule has 0 fully saturated rings. The molecule has 0 bridgehead atoms. The molecule has 2 amide bonds. The van der Waals surface area contributed by atoms with Crippen molar-refractivity contribution in [1.82, 2.24) is 24.6 Å². The lowest BCUT2D eigenvalue weighted by molar-refractivity contribution is 0.253. The Bertz CT molecular complexity index is 784. The number of carbonyl (C=O) groups excluding carboxylic acids is 1. The fraction of sp³-hybridized carbons (Fsp3) is 0.154. The quantitative estimate of drug-likeness (QED) is 0.775. The third-order valence-electron chi connectivity index (χ3n) is 3.10. The van der Waals surface area contributed by atoms with E-state index in [1.165, 1.54) is 15.7 Å². The highest BCUT2D eigenvalue weighted by Gasteiger charge is 2.18. The molecule has 106 valence electrons. The number of nitrogens with two attached hydrogens (primary N) is 1. The lowest BCUT2D eigenvalue weighted by atomic mass is 10.1. The molecule has 21 heavy (non-hydrogen) atoms. The summed E-state index contributed by atoms with van der Waals surface area (Å²) in [6.07, 6.45) is 6.46. The van der Waals surface area contributed by atoms with Crippen molar-refractivity contribution >= 4 is 17.6 Å². The summed E-state index contributed by atoms with van der Waals surface area (Å²) < 4.78 is 1.50. The maximum atomic E-state index is 11.5. The summed E-state index contributed by atoms with van der Waals surface area (Å²) in [5, 5.41) is 4.27. The van der Waals surface area contributed by atoms with E-state index in [0.717, 1.165) is 11.1 Å². The predicted octanol–water partition coefficient (Wildman–Crippen LogP) is 1.09. The maximum absolute atomic E-state index is 11.5. The van der Waals surface area contributed by atoms with E-state index in [9.17, 15) is 4.79 Å². The summed E-state index contributed by atoms with van der Waals surface area (Å²) >= 11 is 0. The molecule has 0 radical (unpaired) electrons. The van der Waals surface area contributed by atoms with Crippen LogP contribution in [0.2, 0.25) is 0 Å². The van der Waals surface area contributed by atoms with Gasteiger partial charge in [-0.1, -0.05) is 0 Å². The average Bonchev–Trinajstić information content (AvgIpc) is 2.93. The number of urea groups is 1. The third kappa shape index (κ3) is 2.16. The van der Waals surface area contributed by atoms with Gasteiger partial charge in [0.15, 0.2) is 5.65 Å². The second-order valence-electron chi connectivity index (χ2n) is 4.29. The van der Waals surface area contributed by atoms with Gasteiger partial charge in [0, 0.05) is 24.5 Å². The number of nitrogens with zero attached hydrogens (tertiary/aromatic N) is 6. The SMILES string of the molecule is CCN(C(N)=O)c1ncnc2c(-c3ccncc3)cnn12. The van der Waals surface area contributed by atoms with E-state index in [0.29, 0.717) is 18.1 Å². The second kappa shape index (κ2) is 5.16. The fourth-order valence-corrected chi connectivity index (χ4v) is 2.12. The van der Waals surface area contributed by atoms with Crippen LogP contribution in [0.1, 0.15) is 6.92 Å².